The Balaban J connectivity index is 2.97. The highest BCUT2D eigenvalue weighted by molar-refractivity contribution is 8.01. The third-order valence-electron chi connectivity index (χ3n) is 6.16. The van der Waals surface area contributed by atoms with Gasteiger partial charge >= 0.3 is 0 Å². The van der Waals surface area contributed by atoms with E-state index in [1.165, 1.54) is 160 Å². The van der Waals surface area contributed by atoms with Gasteiger partial charge < -0.3 is 0 Å². The van der Waals surface area contributed by atoms with Crippen LogP contribution in [0.1, 0.15) is 168 Å². The van der Waals surface area contributed by atoms with E-state index < -0.39 is 0 Å². The van der Waals surface area contributed by atoms with Gasteiger partial charge in [0.2, 0.25) is 0 Å². The van der Waals surface area contributed by atoms with E-state index in [4.69, 9.17) is 0 Å². The SMILES string of the molecule is CCCCCCCCCCCCCCCCCCC[CH]SCCCCCCCC. The fourth-order valence-electron chi connectivity index (χ4n) is 4.08. The molecule has 0 aromatic heterocycles. The molecule has 29 heavy (non-hydrogen) atoms. The fourth-order valence-corrected chi connectivity index (χ4v) is 4.96. The van der Waals surface area contributed by atoms with Crippen LogP contribution >= 0.6 is 11.8 Å². The van der Waals surface area contributed by atoms with Gasteiger partial charge in [0.1, 0.15) is 0 Å². The van der Waals surface area contributed by atoms with Gasteiger partial charge in [-0.25, -0.2) is 0 Å². The van der Waals surface area contributed by atoms with Crippen LogP contribution in [0, 0.1) is 5.75 Å². The number of thioether (sulfide) groups is 1. The van der Waals surface area contributed by atoms with Crippen molar-refractivity contribution in [3.05, 3.63) is 5.75 Å². The molecule has 0 bridgehead atoms. The molecule has 1 heteroatoms. The molecule has 175 valence electrons. The highest BCUT2D eigenvalue weighted by Gasteiger charge is 1.96. The van der Waals surface area contributed by atoms with Crippen molar-refractivity contribution in [2.75, 3.05) is 5.75 Å². The summed E-state index contributed by atoms with van der Waals surface area (Å²) < 4.78 is 0. The Labute approximate surface area is 191 Å². The summed E-state index contributed by atoms with van der Waals surface area (Å²) in [5.74, 6) is 3.84. The summed E-state index contributed by atoms with van der Waals surface area (Å²) in [6, 6.07) is 0. The van der Waals surface area contributed by atoms with Crippen LogP contribution in [0.15, 0.2) is 0 Å². The Kier molecular flexibility index (Phi) is 28.7. The molecule has 0 aromatic rings. The van der Waals surface area contributed by atoms with Crippen molar-refractivity contribution in [3.8, 4) is 0 Å². The minimum atomic E-state index is 1.33. The van der Waals surface area contributed by atoms with Crippen LogP contribution < -0.4 is 0 Å². The predicted octanol–water partition coefficient (Wildman–Crippen LogP) is 11.3. The van der Waals surface area contributed by atoms with Crippen molar-refractivity contribution in [1.29, 1.82) is 0 Å². The zero-order valence-corrected chi connectivity index (χ0v) is 21.5. The summed E-state index contributed by atoms with van der Waals surface area (Å²) in [4.78, 5) is 0. The van der Waals surface area contributed by atoms with Crippen LogP contribution in [0.5, 0.6) is 0 Å². The van der Waals surface area contributed by atoms with Gasteiger partial charge in [-0.15, -0.1) is 0 Å². The van der Waals surface area contributed by atoms with E-state index in [9.17, 15) is 0 Å². The third-order valence-corrected chi connectivity index (χ3v) is 7.15. The molecule has 0 saturated heterocycles. The van der Waals surface area contributed by atoms with Crippen LogP contribution in [0.3, 0.4) is 0 Å². The molecular formula is C28H57S. The molecule has 0 atom stereocenters. The molecule has 0 spiro atoms. The maximum atomic E-state index is 2.48. The summed E-state index contributed by atoms with van der Waals surface area (Å²) in [5.41, 5.74) is 0. The Hall–Kier alpha value is 0.350. The van der Waals surface area contributed by atoms with E-state index in [0.717, 1.165) is 0 Å². The molecule has 0 N–H and O–H groups in total. The quantitative estimate of drug-likeness (QED) is 0.124. The second-order valence-electron chi connectivity index (χ2n) is 9.25. The molecule has 0 aliphatic carbocycles. The van der Waals surface area contributed by atoms with Gasteiger partial charge in [-0.05, 0) is 18.6 Å². The summed E-state index contributed by atoms with van der Waals surface area (Å²) in [6.45, 7) is 4.60. The largest absolute Gasteiger partial charge is 0.157 e. The van der Waals surface area contributed by atoms with Crippen molar-refractivity contribution in [3.63, 3.8) is 0 Å². The molecule has 0 fully saturated rings. The fraction of sp³-hybridized carbons (Fsp3) is 0.964. The lowest BCUT2D eigenvalue weighted by molar-refractivity contribution is 0.527. The van der Waals surface area contributed by atoms with Crippen LogP contribution in [-0.2, 0) is 0 Å². The van der Waals surface area contributed by atoms with Crippen LogP contribution in [-0.4, -0.2) is 5.75 Å². The molecule has 0 aliphatic heterocycles. The second-order valence-corrected chi connectivity index (χ2v) is 10.3. The highest BCUT2D eigenvalue weighted by atomic mass is 32.2. The van der Waals surface area contributed by atoms with Gasteiger partial charge in [0.15, 0.2) is 0 Å². The first-order valence-corrected chi connectivity index (χ1v) is 14.9. The maximum absolute atomic E-state index is 2.48. The summed E-state index contributed by atoms with van der Waals surface area (Å²) in [7, 11) is 0. The highest BCUT2D eigenvalue weighted by Crippen LogP contribution is 2.17. The first kappa shape index (κ1) is 29.4. The summed E-state index contributed by atoms with van der Waals surface area (Å²) in [6.07, 6.45) is 34.8. The third kappa shape index (κ3) is 28.4. The topological polar surface area (TPSA) is 0 Å². The van der Waals surface area contributed by atoms with Crippen LogP contribution in [0.4, 0.5) is 0 Å². The first-order valence-electron chi connectivity index (χ1n) is 13.8. The molecular weight excluding hydrogens is 368 g/mol. The van der Waals surface area contributed by atoms with Gasteiger partial charge in [-0.3, -0.25) is 0 Å². The van der Waals surface area contributed by atoms with Crippen LogP contribution in [0.25, 0.3) is 0 Å². The average molecular weight is 426 g/mol. The molecule has 0 heterocycles. The molecule has 0 aliphatic rings. The Morgan fingerprint density at radius 3 is 1.07 bits per heavy atom. The van der Waals surface area contributed by atoms with E-state index in [1.54, 1.807) is 0 Å². The van der Waals surface area contributed by atoms with Gasteiger partial charge in [0.25, 0.3) is 0 Å². The lowest BCUT2D eigenvalue weighted by atomic mass is 10.0. The van der Waals surface area contributed by atoms with Crippen molar-refractivity contribution in [1.82, 2.24) is 0 Å². The minimum absolute atomic E-state index is 1.33. The van der Waals surface area contributed by atoms with Crippen molar-refractivity contribution in [2.24, 2.45) is 0 Å². The van der Waals surface area contributed by atoms with Crippen molar-refractivity contribution >= 4 is 11.8 Å². The lowest BCUT2D eigenvalue weighted by Crippen LogP contribution is -1.84. The normalized spacial score (nSPS) is 11.4. The Morgan fingerprint density at radius 1 is 0.379 bits per heavy atom. The first-order chi connectivity index (χ1) is 14.4. The molecule has 0 aromatic carbocycles. The van der Waals surface area contributed by atoms with Gasteiger partial charge in [-0.1, -0.05) is 155 Å². The molecule has 0 rings (SSSR count). The van der Waals surface area contributed by atoms with Crippen LogP contribution in [0.2, 0.25) is 0 Å². The molecule has 0 saturated carbocycles. The van der Waals surface area contributed by atoms with Crippen molar-refractivity contribution < 1.29 is 0 Å². The van der Waals surface area contributed by atoms with Gasteiger partial charge in [0.05, 0.1) is 0 Å². The van der Waals surface area contributed by atoms with E-state index in [2.05, 4.69) is 31.4 Å². The zero-order valence-electron chi connectivity index (χ0n) is 20.7. The number of unbranched alkanes of at least 4 members (excludes halogenated alkanes) is 22. The number of hydrogen-bond acceptors (Lipinski definition) is 1. The van der Waals surface area contributed by atoms with Gasteiger partial charge in [-0.2, -0.15) is 11.8 Å². The Morgan fingerprint density at radius 2 is 0.690 bits per heavy atom. The average Bonchev–Trinajstić information content (AvgIpc) is 2.74. The molecule has 1 radical (unpaired) electrons. The summed E-state index contributed by atoms with van der Waals surface area (Å²) in [5, 5.41) is 0. The second kappa shape index (κ2) is 28.4. The van der Waals surface area contributed by atoms with Gasteiger partial charge in [0, 0.05) is 5.75 Å². The Bertz CT molecular complexity index is 237. The number of hydrogen-bond donors (Lipinski definition) is 0. The summed E-state index contributed by atoms with van der Waals surface area (Å²) >= 11 is 2.08. The van der Waals surface area contributed by atoms with E-state index in [1.807, 2.05) is 0 Å². The lowest BCUT2D eigenvalue weighted by Gasteiger charge is -2.04. The minimum Gasteiger partial charge on any atom is -0.157 e. The molecule has 0 unspecified atom stereocenters. The van der Waals surface area contributed by atoms with Crippen molar-refractivity contribution in [2.45, 2.75) is 168 Å². The standard InChI is InChI=1S/C28H57S/c1-3-5-7-9-11-12-13-14-15-16-17-18-19-20-21-22-24-26-28-29-27-25-23-10-8-6-4-2/h28H,3-27H2,1-2H3. The smallest absolute Gasteiger partial charge is 0.0166 e. The van der Waals surface area contributed by atoms with E-state index in [0.29, 0.717) is 0 Å². The van der Waals surface area contributed by atoms with E-state index >= 15 is 0 Å². The number of rotatable bonds is 26. The monoisotopic (exact) mass is 425 g/mol. The maximum Gasteiger partial charge on any atom is 0.0166 e. The molecule has 0 nitrogen and oxygen atoms in total. The zero-order chi connectivity index (χ0) is 21.1. The molecule has 0 amide bonds. The predicted molar refractivity (Wildman–Crippen MR) is 139 cm³/mol. The van der Waals surface area contributed by atoms with E-state index in [-0.39, 0.29) is 0 Å².